The van der Waals surface area contributed by atoms with Gasteiger partial charge in [0, 0.05) is 24.8 Å². The van der Waals surface area contributed by atoms with Gasteiger partial charge in [0.2, 0.25) is 0 Å². The fourth-order valence-corrected chi connectivity index (χ4v) is 2.20. The van der Waals surface area contributed by atoms with Gasteiger partial charge in [-0.2, -0.15) is 0 Å². The number of anilines is 1. The van der Waals surface area contributed by atoms with Crippen LogP contribution in [0.1, 0.15) is 22.3 Å². The van der Waals surface area contributed by atoms with Gasteiger partial charge in [0.25, 0.3) is 5.91 Å². The Hall–Kier alpha value is -2.56. The number of aryl methyl sites for hydroxylation is 1. The number of ether oxygens (including phenoxy) is 1. The van der Waals surface area contributed by atoms with Crippen LogP contribution in [0.2, 0.25) is 0 Å². The first kappa shape index (κ1) is 16.8. The maximum absolute atomic E-state index is 12.8. The molecular formula is C18H21FN2O2. The van der Waals surface area contributed by atoms with E-state index in [-0.39, 0.29) is 11.7 Å². The molecule has 23 heavy (non-hydrogen) atoms. The second-order valence-electron chi connectivity index (χ2n) is 5.46. The van der Waals surface area contributed by atoms with Gasteiger partial charge in [0.1, 0.15) is 11.6 Å². The number of halogens is 1. The summed E-state index contributed by atoms with van der Waals surface area (Å²) in [6.07, 6.45) is 0.682. The Kier molecular flexibility index (Phi) is 5.57. The van der Waals surface area contributed by atoms with Crippen LogP contribution in [0.3, 0.4) is 0 Å². The zero-order valence-electron chi connectivity index (χ0n) is 13.4. The highest BCUT2D eigenvalue weighted by molar-refractivity contribution is 5.96. The van der Waals surface area contributed by atoms with Crippen LogP contribution in [0.25, 0.3) is 0 Å². The second kappa shape index (κ2) is 7.63. The van der Waals surface area contributed by atoms with Crippen molar-refractivity contribution in [1.29, 1.82) is 0 Å². The molecule has 2 rings (SSSR count). The Labute approximate surface area is 135 Å². The van der Waals surface area contributed by atoms with E-state index >= 15 is 0 Å². The fourth-order valence-electron chi connectivity index (χ4n) is 2.20. The van der Waals surface area contributed by atoms with Crippen LogP contribution in [0.5, 0.6) is 5.75 Å². The lowest BCUT2D eigenvalue weighted by molar-refractivity contribution is 0.0787. The Balaban J connectivity index is 1.82. The maximum atomic E-state index is 12.8. The molecule has 0 saturated heterocycles. The van der Waals surface area contributed by atoms with E-state index in [1.54, 1.807) is 36.2 Å². The monoisotopic (exact) mass is 316 g/mol. The molecule has 1 amide bonds. The minimum Gasteiger partial charge on any atom is -0.494 e. The lowest BCUT2D eigenvalue weighted by Crippen LogP contribution is -2.29. The largest absolute Gasteiger partial charge is 0.494 e. The van der Waals surface area contributed by atoms with Crippen molar-refractivity contribution < 1.29 is 13.9 Å². The molecule has 0 heterocycles. The number of benzene rings is 2. The van der Waals surface area contributed by atoms with E-state index in [4.69, 9.17) is 10.5 Å². The predicted octanol–water partition coefficient (Wildman–Crippen LogP) is 3.26. The lowest BCUT2D eigenvalue weighted by atomic mass is 10.1. The van der Waals surface area contributed by atoms with Crippen LogP contribution in [-0.4, -0.2) is 31.0 Å². The van der Waals surface area contributed by atoms with Crippen LogP contribution >= 0.6 is 0 Å². The summed E-state index contributed by atoms with van der Waals surface area (Å²) in [6.45, 7) is 2.91. The number of hydrogen-bond donors (Lipinski definition) is 1. The van der Waals surface area contributed by atoms with Crippen LogP contribution in [0.4, 0.5) is 10.1 Å². The van der Waals surface area contributed by atoms with Crippen LogP contribution in [0.15, 0.2) is 42.5 Å². The Bertz CT molecular complexity index is 671. The number of nitrogens with zero attached hydrogens (tertiary/aromatic N) is 1. The minimum absolute atomic E-state index is 0.0587. The van der Waals surface area contributed by atoms with Crippen LogP contribution in [0, 0.1) is 12.7 Å². The van der Waals surface area contributed by atoms with E-state index in [0.717, 1.165) is 5.56 Å². The Morgan fingerprint density at radius 1 is 1.22 bits per heavy atom. The molecule has 5 heteroatoms. The quantitative estimate of drug-likeness (QED) is 0.657. The summed E-state index contributed by atoms with van der Waals surface area (Å²) in [5.41, 5.74) is 7.84. The smallest absolute Gasteiger partial charge is 0.253 e. The topological polar surface area (TPSA) is 55.6 Å². The average Bonchev–Trinajstić information content (AvgIpc) is 2.54. The van der Waals surface area contributed by atoms with Gasteiger partial charge < -0.3 is 15.4 Å². The lowest BCUT2D eigenvalue weighted by Gasteiger charge is -2.18. The molecule has 0 radical (unpaired) electrons. The molecule has 0 fully saturated rings. The molecule has 2 aromatic carbocycles. The summed E-state index contributed by atoms with van der Waals surface area (Å²) in [4.78, 5) is 14.1. The van der Waals surface area contributed by atoms with Gasteiger partial charge in [-0.1, -0.05) is 6.07 Å². The molecule has 0 bridgehead atoms. The molecule has 0 unspecified atom stereocenters. The van der Waals surface area contributed by atoms with Gasteiger partial charge in [0.15, 0.2) is 0 Å². The number of rotatable bonds is 6. The predicted molar refractivity (Wildman–Crippen MR) is 89.1 cm³/mol. The Morgan fingerprint density at radius 2 is 1.91 bits per heavy atom. The van der Waals surface area contributed by atoms with Crippen molar-refractivity contribution in [1.82, 2.24) is 4.90 Å². The van der Waals surface area contributed by atoms with Crippen molar-refractivity contribution in [3.8, 4) is 5.75 Å². The van der Waals surface area contributed by atoms with Gasteiger partial charge in [-0.25, -0.2) is 4.39 Å². The molecule has 0 atom stereocenters. The average molecular weight is 316 g/mol. The normalized spacial score (nSPS) is 10.4. The van der Waals surface area contributed by atoms with E-state index in [1.807, 2.05) is 13.0 Å². The first-order chi connectivity index (χ1) is 11.0. The SMILES string of the molecule is Cc1ccc(N)cc1C(=O)N(C)CCCOc1ccc(F)cc1. The molecule has 0 aromatic heterocycles. The fraction of sp³-hybridized carbons (Fsp3) is 0.278. The van der Waals surface area contributed by atoms with E-state index in [1.165, 1.54) is 12.1 Å². The zero-order valence-corrected chi connectivity index (χ0v) is 13.4. The van der Waals surface area contributed by atoms with Crippen molar-refractivity contribution in [3.05, 3.63) is 59.4 Å². The molecule has 2 N–H and O–H groups in total. The first-order valence-electron chi connectivity index (χ1n) is 7.47. The summed E-state index contributed by atoms with van der Waals surface area (Å²) in [5, 5.41) is 0. The maximum Gasteiger partial charge on any atom is 0.253 e. The summed E-state index contributed by atoms with van der Waals surface area (Å²) >= 11 is 0. The van der Waals surface area contributed by atoms with Gasteiger partial charge >= 0.3 is 0 Å². The van der Waals surface area contributed by atoms with E-state index in [9.17, 15) is 9.18 Å². The third kappa shape index (κ3) is 4.71. The molecule has 0 saturated carbocycles. The number of nitrogens with two attached hydrogens (primary N) is 1. The van der Waals surface area contributed by atoms with Crippen molar-refractivity contribution in [2.24, 2.45) is 0 Å². The van der Waals surface area contributed by atoms with E-state index in [2.05, 4.69) is 0 Å². The standard InChI is InChI=1S/C18H21FN2O2/c1-13-4-7-15(20)12-17(13)18(22)21(2)10-3-11-23-16-8-5-14(19)6-9-16/h4-9,12H,3,10-11,20H2,1-2H3. The van der Waals surface area contributed by atoms with Crippen molar-refractivity contribution >= 4 is 11.6 Å². The second-order valence-corrected chi connectivity index (χ2v) is 5.46. The molecular weight excluding hydrogens is 295 g/mol. The van der Waals surface area contributed by atoms with Crippen molar-refractivity contribution in [3.63, 3.8) is 0 Å². The molecule has 122 valence electrons. The molecule has 0 spiro atoms. The van der Waals surface area contributed by atoms with Crippen molar-refractivity contribution in [2.75, 3.05) is 25.9 Å². The Morgan fingerprint density at radius 3 is 2.61 bits per heavy atom. The van der Waals surface area contributed by atoms with Gasteiger partial charge in [0.05, 0.1) is 6.61 Å². The van der Waals surface area contributed by atoms with Crippen molar-refractivity contribution in [2.45, 2.75) is 13.3 Å². The number of nitrogen functional groups attached to an aromatic ring is 1. The molecule has 0 aliphatic rings. The van der Waals surface area contributed by atoms with E-state index < -0.39 is 0 Å². The summed E-state index contributed by atoms with van der Waals surface area (Å²) in [7, 11) is 1.75. The minimum atomic E-state index is -0.291. The molecule has 0 aliphatic carbocycles. The highest BCUT2D eigenvalue weighted by atomic mass is 19.1. The zero-order chi connectivity index (χ0) is 16.8. The van der Waals surface area contributed by atoms with Gasteiger partial charge in [-0.15, -0.1) is 0 Å². The summed E-state index contributed by atoms with van der Waals surface area (Å²) in [6, 6.07) is 11.2. The first-order valence-corrected chi connectivity index (χ1v) is 7.47. The van der Waals surface area contributed by atoms with Gasteiger partial charge in [-0.3, -0.25) is 4.79 Å². The number of amides is 1. The number of hydrogen-bond acceptors (Lipinski definition) is 3. The highest BCUT2D eigenvalue weighted by Gasteiger charge is 2.14. The van der Waals surface area contributed by atoms with Gasteiger partial charge in [-0.05, 0) is 55.3 Å². The number of carbonyl (C=O) groups excluding carboxylic acids is 1. The third-order valence-electron chi connectivity index (χ3n) is 3.56. The van der Waals surface area contributed by atoms with Crippen LogP contribution < -0.4 is 10.5 Å². The highest BCUT2D eigenvalue weighted by Crippen LogP contribution is 2.15. The third-order valence-corrected chi connectivity index (χ3v) is 3.56. The van der Waals surface area contributed by atoms with E-state index in [0.29, 0.717) is 36.6 Å². The summed E-state index contributed by atoms with van der Waals surface area (Å²) < 4.78 is 18.3. The van der Waals surface area contributed by atoms with Crippen LogP contribution in [-0.2, 0) is 0 Å². The summed E-state index contributed by atoms with van der Waals surface area (Å²) in [5.74, 6) is 0.267. The number of carbonyl (C=O) groups is 1. The molecule has 4 nitrogen and oxygen atoms in total. The molecule has 2 aromatic rings. The molecule has 0 aliphatic heterocycles.